The van der Waals surface area contributed by atoms with Gasteiger partial charge in [0.2, 0.25) is 5.95 Å². The van der Waals surface area contributed by atoms with Gasteiger partial charge >= 0.3 is 0 Å². The van der Waals surface area contributed by atoms with E-state index in [0.717, 1.165) is 11.6 Å². The van der Waals surface area contributed by atoms with Gasteiger partial charge in [0.15, 0.2) is 0 Å². The molecule has 1 aromatic heterocycles. The van der Waals surface area contributed by atoms with E-state index in [1.165, 1.54) is 12.3 Å². The molecule has 1 aromatic carbocycles. The molecule has 21 heavy (non-hydrogen) atoms. The van der Waals surface area contributed by atoms with Gasteiger partial charge in [0.1, 0.15) is 0 Å². The second kappa shape index (κ2) is 7.08. The van der Waals surface area contributed by atoms with Crippen LogP contribution in [0, 0.1) is 5.95 Å². The number of carbonyl (C=O) groups is 1. The summed E-state index contributed by atoms with van der Waals surface area (Å²) in [6.45, 7) is 0. The average molecular weight is 306 g/mol. The Kier molecular flexibility index (Phi) is 5.16. The molecule has 0 fully saturated rings. The van der Waals surface area contributed by atoms with Crippen LogP contribution in [0.2, 0.25) is 0 Å². The highest BCUT2D eigenvalue weighted by Gasteiger charge is 2.17. The van der Waals surface area contributed by atoms with Crippen molar-refractivity contribution in [2.24, 2.45) is 0 Å². The molecule has 2 rings (SSSR count). The van der Waals surface area contributed by atoms with Crippen LogP contribution in [0.25, 0.3) is 0 Å². The van der Waals surface area contributed by atoms with E-state index in [4.69, 9.17) is 0 Å². The zero-order valence-electron chi connectivity index (χ0n) is 11.5. The van der Waals surface area contributed by atoms with Gasteiger partial charge in [-0.2, -0.15) is 4.39 Å². The summed E-state index contributed by atoms with van der Waals surface area (Å²) in [4.78, 5) is 15.6. The second-order valence-corrected chi connectivity index (χ2v) is 6.02. The Bertz CT molecular complexity index is 649. The molecule has 1 heterocycles. The van der Waals surface area contributed by atoms with Crippen LogP contribution in [-0.4, -0.2) is 27.1 Å². The molecular weight excluding hydrogens is 291 g/mol. The molecule has 1 N–H and O–H groups in total. The van der Waals surface area contributed by atoms with Crippen molar-refractivity contribution in [3.8, 4) is 0 Å². The van der Waals surface area contributed by atoms with E-state index in [-0.39, 0.29) is 11.6 Å². The first-order valence-corrected chi connectivity index (χ1v) is 8.06. The third-order valence-electron chi connectivity index (χ3n) is 2.90. The van der Waals surface area contributed by atoms with E-state index in [1.807, 2.05) is 30.3 Å². The standard InChI is InChI=1S/C15H15FN2O2S/c1-21(20)10-13(11-5-3-2-4-6-11)18-15(19)12-7-8-17-14(16)9-12/h2-9,13H,10H2,1H3,(H,18,19)/t13-,21-/m0/s1. The molecule has 110 valence electrons. The van der Waals surface area contributed by atoms with Gasteiger partial charge in [0, 0.05) is 40.6 Å². The van der Waals surface area contributed by atoms with Crippen molar-refractivity contribution < 1.29 is 13.4 Å². The van der Waals surface area contributed by atoms with Crippen molar-refractivity contribution in [1.82, 2.24) is 10.3 Å². The van der Waals surface area contributed by atoms with E-state index < -0.39 is 22.7 Å². The quantitative estimate of drug-likeness (QED) is 0.860. The molecule has 1 amide bonds. The maximum atomic E-state index is 13.1. The molecule has 2 aromatic rings. The number of nitrogens with zero attached hydrogens (tertiary/aromatic N) is 1. The number of carbonyl (C=O) groups excluding carboxylic acids is 1. The maximum Gasteiger partial charge on any atom is 0.252 e. The number of hydrogen-bond acceptors (Lipinski definition) is 3. The predicted octanol–water partition coefficient (Wildman–Crippen LogP) is 2.07. The van der Waals surface area contributed by atoms with Gasteiger partial charge in [-0.15, -0.1) is 0 Å². The fourth-order valence-corrected chi connectivity index (χ4v) is 2.67. The third-order valence-corrected chi connectivity index (χ3v) is 3.70. The van der Waals surface area contributed by atoms with E-state index in [1.54, 1.807) is 6.26 Å². The van der Waals surface area contributed by atoms with Gasteiger partial charge in [-0.3, -0.25) is 9.00 Å². The molecule has 0 spiro atoms. The van der Waals surface area contributed by atoms with Crippen LogP contribution < -0.4 is 5.32 Å². The summed E-state index contributed by atoms with van der Waals surface area (Å²) < 4.78 is 24.5. The lowest BCUT2D eigenvalue weighted by Crippen LogP contribution is -2.32. The van der Waals surface area contributed by atoms with Gasteiger partial charge < -0.3 is 5.32 Å². The Hall–Kier alpha value is -2.08. The molecule has 0 aliphatic rings. The minimum atomic E-state index is -1.07. The zero-order chi connectivity index (χ0) is 15.2. The van der Waals surface area contributed by atoms with Crippen LogP contribution in [0.3, 0.4) is 0 Å². The average Bonchev–Trinajstić information content (AvgIpc) is 2.47. The molecule has 0 bridgehead atoms. The zero-order valence-corrected chi connectivity index (χ0v) is 12.3. The first-order valence-electron chi connectivity index (χ1n) is 6.33. The van der Waals surface area contributed by atoms with Crippen molar-refractivity contribution in [2.45, 2.75) is 6.04 Å². The Labute approximate surface area is 124 Å². The Morgan fingerprint density at radius 3 is 2.67 bits per heavy atom. The summed E-state index contributed by atoms with van der Waals surface area (Å²) in [5.74, 6) is -0.836. The summed E-state index contributed by atoms with van der Waals surface area (Å²) in [5.41, 5.74) is 1.04. The van der Waals surface area contributed by atoms with Gasteiger partial charge in [0.25, 0.3) is 5.91 Å². The Balaban J connectivity index is 2.19. The van der Waals surface area contributed by atoms with E-state index >= 15 is 0 Å². The molecule has 0 aliphatic carbocycles. The minimum absolute atomic E-state index is 0.185. The number of amides is 1. The first-order chi connectivity index (χ1) is 10.1. The van der Waals surface area contributed by atoms with Crippen LogP contribution >= 0.6 is 0 Å². The number of hydrogen-bond donors (Lipinski definition) is 1. The fourth-order valence-electron chi connectivity index (χ4n) is 1.93. The van der Waals surface area contributed by atoms with Crippen LogP contribution in [0.5, 0.6) is 0 Å². The molecule has 6 heteroatoms. The van der Waals surface area contributed by atoms with Gasteiger partial charge in [0.05, 0.1) is 6.04 Å². The fraction of sp³-hybridized carbons (Fsp3) is 0.200. The number of pyridine rings is 1. The van der Waals surface area contributed by atoms with Crippen LogP contribution in [0.1, 0.15) is 22.0 Å². The van der Waals surface area contributed by atoms with Crippen molar-refractivity contribution in [3.05, 3.63) is 65.7 Å². The minimum Gasteiger partial charge on any atom is -0.344 e. The maximum absolute atomic E-state index is 13.1. The summed E-state index contributed by atoms with van der Waals surface area (Å²) in [6, 6.07) is 11.4. The normalized spacial score (nSPS) is 13.4. The number of halogens is 1. The number of nitrogens with one attached hydrogen (secondary N) is 1. The van der Waals surface area contributed by atoms with Crippen molar-refractivity contribution >= 4 is 16.7 Å². The monoisotopic (exact) mass is 306 g/mol. The molecule has 0 saturated heterocycles. The lowest BCUT2D eigenvalue weighted by atomic mass is 10.1. The highest BCUT2D eigenvalue weighted by molar-refractivity contribution is 7.84. The van der Waals surface area contributed by atoms with Gasteiger partial charge in [-0.05, 0) is 11.6 Å². The Morgan fingerprint density at radius 2 is 2.05 bits per heavy atom. The number of rotatable bonds is 5. The second-order valence-electron chi connectivity index (χ2n) is 4.54. The molecule has 4 nitrogen and oxygen atoms in total. The van der Waals surface area contributed by atoms with Crippen molar-refractivity contribution in [2.75, 3.05) is 12.0 Å². The molecule has 0 radical (unpaired) electrons. The van der Waals surface area contributed by atoms with E-state index in [0.29, 0.717) is 5.75 Å². The number of aromatic nitrogens is 1. The van der Waals surface area contributed by atoms with Gasteiger partial charge in [-0.25, -0.2) is 4.98 Å². The SMILES string of the molecule is C[S@](=O)C[C@H](NC(=O)c1ccnc(F)c1)c1ccccc1. The summed E-state index contributed by atoms with van der Waals surface area (Å²) in [5, 5.41) is 2.78. The lowest BCUT2D eigenvalue weighted by Gasteiger charge is -2.18. The topological polar surface area (TPSA) is 59.1 Å². The van der Waals surface area contributed by atoms with Crippen molar-refractivity contribution in [1.29, 1.82) is 0 Å². The van der Waals surface area contributed by atoms with E-state index in [2.05, 4.69) is 10.3 Å². The molecule has 0 saturated carbocycles. The first kappa shape index (κ1) is 15.3. The van der Waals surface area contributed by atoms with Crippen LogP contribution in [-0.2, 0) is 10.8 Å². The smallest absolute Gasteiger partial charge is 0.252 e. The summed E-state index contributed by atoms with van der Waals surface area (Å²) >= 11 is 0. The predicted molar refractivity (Wildman–Crippen MR) is 79.8 cm³/mol. The van der Waals surface area contributed by atoms with Crippen molar-refractivity contribution in [3.63, 3.8) is 0 Å². The Morgan fingerprint density at radius 1 is 1.33 bits per heavy atom. The third kappa shape index (κ3) is 4.46. The molecular formula is C15H15FN2O2S. The largest absolute Gasteiger partial charge is 0.344 e. The summed E-state index contributed by atoms with van der Waals surface area (Å²) in [6.07, 6.45) is 2.81. The lowest BCUT2D eigenvalue weighted by molar-refractivity contribution is 0.0940. The molecule has 0 aliphatic heterocycles. The molecule has 0 unspecified atom stereocenters. The molecule has 2 atom stereocenters. The van der Waals surface area contributed by atoms with Crippen LogP contribution in [0.4, 0.5) is 4.39 Å². The highest BCUT2D eigenvalue weighted by atomic mass is 32.2. The number of benzene rings is 1. The van der Waals surface area contributed by atoms with E-state index in [9.17, 15) is 13.4 Å². The van der Waals surface area contributed by atoms with Crippen LogP contribution in [0.15, 0.2) is 48.7 Å². The summed E-state index contributed by atoms with van der Waals surface area (Å²) in [7, 11) is -1.07. The highest BCUT2D eigenvalue weighted by Crippen LogP contribution is 2.14. The van der Waals surface area contributed by atoms with Gasteiger partial charge in [-0.1, -0.05) is 30.3 Å².